The Balaban J connectivity index is 0. The fourth-order valence-electron chi connectivity index (χ4n) is 0.500. The Morgan fingerprint density at radius 1 is 1.31 bits per heavy atom. The molecule has 0 aromatic heterocycles. The van der Waals surface area contributed by atoms with E-state index in [1.807, 2.05) is 0 Å². The van der Waals surface area contributed by atoms with Crippen LogP contribution in [0.4, 0.5) is 0 Å². The monoisotopic (exact) mass is 228 g/mol. The summed E-state index contributed by atoms with van der Waals surface area (Å²) in [5.74, 6) is -0.593. The Morgan fingerprint density at radius 3 is 2.12 bits per heavy atom. The molecule has 0 aliphatic carbocycles. The van der Waals surface area contributed by atoms with Crippen LogP contribution in [-0.2, 0) is 14.3 Å². The van der Waals surface area contributed by atoms with Crippen molar-refractivity contribution >= 4 is 5.97 Å². The molecule has 0 spiro atoms. The summed E-state index contributed by atoms with van der Waals surface area (Å²) in [6.45, 7) is 13.1. The van der Waals surface area contributed by atoms with Gasteiger partial charge in [0.2, 0.25) is 6.29 Å². The maximum Gasteiger partial charge on any atom is 0.332 e. The van der Waals surface area contributed by atoms with Crippen LogP contribution in [0.1, 0.15) is 13.3 Å². The van der Waals surface area contributed by atoms with Crippen molar-refractivity contribution in [2.45, 2.75) is 19.6 Å². The van der Waals surface area contributed by atoms with E-state index in [4.69, 9.17) is 9.84 Å². The maximum absolute atomic E-state index is 10.3. The highest BCUT2D eigenvalue weighted by atomic mass is 16.6. The molecule has 4 nitrogen and oxygen atoms in total. The smallest absolute Gasteiger partial charge is 0.332 e. The van der Waals surface area contributed by atoms with E-state index in [1.165, 1.54) is 0 Å². The number of ether oxygens (including phenoxy) is 2. The molecule has 0 amide bonds. The molecule has 0 saturated heterocycles. The third kappa shape index (κ3) is 15.1. The van der Waals surface area contributed by atoms with Gasteiger partial charge in [0.15, 0.2) is 0 Å². The highest BCUT2D eigenvalue weighted by molar-refractivity contribution is 5.81. The van der Waals surface area contributed by atoms with Gasteiger partial charge in [-0.1, -0.05) is 25.7 Å². The highest BCUT2D eigenvalue weighted by Crippen LogP contribution is 1.92. The number of hydrogen-bond acceptors (Lipinski definition) is 4. The van der Waals surface area contributed by atoms with Gasteiger partial charge in [-0.15, -0.1) is 13.2 Å². The second-order valence-corrected chi connectivity index (χ2v) is 2.62. The molecule has 1 N–H and O–H groups in total. The van der Waals surface area contributed by atoms with Gasteiger partial charge in [0.25, 0.3) is 0 Å². The minimum atomic E-state index is -0.990. The molecule has 0 aliphatic heterocycles. The quantitative estimate of drug-likeness (QED) is 0.237. The van der Waals surface area contributed by atoms with Crippen LogP contribution in [0.15, 0.2) is 38.0 Å². The molecule has 16 heavy (non-hydrogen) atoms. The second-order valence-electron chi connectivity index (χ2n) is 2.62. The van der Waals surface area contributed by atoms with E-state index >= 15 is 0 Å². The van der Waals surface area contributed by atoms with E-state index in [0.29, 0.717) is 19.6 Å². The SMILES string of the molecule is C=CC(=O)OC(O)CC.C=CCOCC=C. The van der Waals surface area contributed by atoms with E-state index in [9.17, 15) is 4.79 Å². The first-order valence-corrected chi connectivity index (χ1v) is 4.92. The fourth-order valence-corrected chi connectivity index (χ4v) is 0.500. The highest BCUT2D eigenvalue weighted by Gasteiger charge is 2.02. The summed E-state index contributed by atoms with van der Waals surface area (Å²) in [7, 11) is 0. The zero-order valence-corrected chi connectivity index (χ0v) is 9.72. The van der Waals surface area contributed by atoms with Crippen LogP contribution in [0.3, 0.4) is 0 Å². The number of hydrogen-bond donors (Lipinski definition) is 1. The van der Waals surface area contributed by atoms with Crippen molar-refractivity contribution in [3.05, 3.63) is 38.0 Å². The minimum Gasteiger partial charge on any atom is -0.433 e. The largest absolute Gasteiger partial charge is 0.433 e. The average molecular weight is 228 g/mol. The first-order valence-electron chi connectivity index (χ1n) is 4.92. The van der Waals surface area contributed by atoms with Gasteiger partial charge in [0.05, 0.1) is 13.2 Å². The number of aliphatic hydroxyl groups is 1. The zero-order valence-electron chi connectivity index (χ0n) is 9.72. The van der Waals surface area contributed by atoms with Crippen molar-refractivity contribution < 1.29 is 19.4 Å². The van der Waals surface area contributed by atoms with Crippen LogP contribution < -0.4 is 0 Å². The summed E-state index contributed by atoms with van der Waals surface area (Å²) in [5, 5.41) is 8.67. The van der Waals surface area contributed by atoms with Crippen molar-refractivity contribution in [2.75, 3.05) is 13.2 Å². The molecule has 0 radical (unpaired) electrons. The molecule has 0 aromatic carbocycles. The Morgan fingerprint density at radius 2 is 1.81 bits per heavy atom. The molecule has 0 aliphatic rings. The van der Waals surface area contributed by atoms with Crippen molar-refractivity contribution in [3.8, 4) is 0 Å². The van der Waals surface area contributed by atoms with Gasteiger partial charge in [-0.3, -0.25) is 0 Å². The molecule has 1 atom stereocenters. The van der Waals surface area contributed by atoms with Gasteiger partial charge < -0.3 is 14.6 Å². The minimum absolute atomic E-state index is 0.402. The maximum atomic E-state index is 10.3. The molecule has 0 saturated carbocycles. The van der Waals surface area contributed by atoms with E-state index in [-0.39, 0.29) is 0 Å². The van der Waals surface area contributed by atoms with E-state index < -0.39 is 12.3 Å². The zero-order chi connectivity index (χ0) is 12.8. The van der Waals surface area contributed by atoms with E-state index in [0.717, 1.165) is 6.08 Å². The number of esters is 1. The molecule has 0 bridgehead atoms. The number of rotatable bonds is 7. The molecule has 92 valence electrons. The van der Waals surface area contributed by atoms with Crippen LogP contribution in [0.25, 0.3) is 0 Å². The first-order chi connectivity index (χ1) is 7.62. The lowest BCUT2D eigenvalue weighted by Gasteiger charge is -2.05. The van der Waals surface area contributed by atoms with Crippen LogP contribution in [0.5, 0.6) is 0 Å². The normalized spacial score (nSPS) is 10.4. The lowest BCUT2D eigenvalue weighted by atomic mass is 10.5. The first kappa shape index (κ1) is 17.0. The van der Waals surface area contributed by atoms with Crippen molar-refractivity contribution in [1.29, 1.82) is 0 Å². The summed E-state index contributed by atoms with van der Waals surface area (Å²) in [6.07, 6.45) is 3.85. The van der Waals surface area contributed by atoms with Crippen molar-refractivity contribution in [3.63, 3.8) is 0 Å². The lowest BCUT2D eigenvalue weighted by molar-refractivity contribution is -0.161. The third-order valence-corrected chi connectivity index (χ3v) is 1.24. The van der Waals surface area contributed by atoms with Gasteiger partial charge in [-0.2, -0.15) is 0 Å². The van der Waals surface area contributed by atoms with Crippen LogP contribution >= 0.6 is 0 Å². The Labute approximate surface area is 96.9 Å². The summed E-state index contributed by atoms with van der Waals surface area (Å²) in [4.78, 5) is 10.3. The molecule has 1 unspecified atom stereocenters. The molecular weight excluding hydrogens is 208 g/mol. The number of carbonyl (C=O) groups excluding carboxylic acids is 1. The Hall–Kier alpha value is -1.39. The Bertz CT molecular complexity index is 203. The number of carbonyl (C=O) groups is 1. The molecule has 4 heteroatoms. The summed E-state index contributed by atoms with van der Waals surface area (Å²) in [5.41, 5.74) is 0. The molecular formula is C12H20O4. The topological polar surface area (TPSA) is 55.8 Å². The Kier molecular flexibility index (Phi) is 14.5. The molecule has 0 rings (SSSR count). The average Bonchev–Trinajstić information content (AvgIpc) is 2.30. The van der Waals surface area contributed by atoms with Gasteiger partial charge >= 0.3 is 5.97 Å². The van der Waals surface area contributed by atoms with Crippen molar-refractivity contribution in [1.82, 2.24) is 0 Å². The van der Waals surface area contributed by atoms with Gasteiger partial charge in [0.1, 0.15) is 0 Å². The lowest BCUT2D eigenvalue weighted by Crippen LogP contribution is -2.14. The second kappa shape index (κ2) is 13.6. The van der Waals surface area contributed by atoms with Gasteiger partial charge in [-0.05, 0) is 0 Å². The van der Waals surface area contributed by atoms with Crippen LogP contribution in [0, 0.1) is 0 Å². The molecule has 0 heterocycles. The summed E-state index contributed by atoms with van der Waals surface area (Å²) >= 11 is 0. The standard InChI is InChI=1S/C6H10O3.C6H10O/c1-3-5(7)9-6(8)4-2;1-3-5-7-6-4-2/h3,6,8H,1,4H2,2H3;3-4H,1-2,5-6H2. The van der Waals surface area contributed by atoms with E-state index in [2.05, 4.69) is 24.5 Å². The fraction of sp³-hybridized carbons (Fsp3) is 0.417. The predicted octanol–water partition coefficient (Wildman–Crippen LogP) is 1.82. The van der Waals surface area contributed by atoms with Gasteiger partial charge in [-0.25, -0.2) is 4.79 Å². The number of aliphatic hydroxyl groups excluding tert-OH is 1. The summed E-state index contributed by atoms with van der Waals surface area (Å²) in [6, 6.07) is 0. The molecule has 0 aromatic rings. The van der Waals surface area contributed by atoms with Crippen molar-refractivity contribution in [2.24, 2.45) is 0 Å². The van der Waals surface area contributed by atoms with Crippen LogP contribution in [-0.4, -0.2) is 30.6 Å². The predicted molar refractivity (Wildman–Crippen MR) is 63.8 cm³/mol. The summed E-state index contributed by atoms with van der Waals surface area (Å²) < 4.78 is 9.24. The third-order valence-electron chi connectivity index (χ3n) is 1.24. The van der Waals surface area contributed by atoms with Gasteiger partial charge in [0, 0.05) is 12.5 Å². The van der Waals surface area contributed by atoms with Crippen LogP contribution in [0.2, 0.25) is 0 Å². The van der Waals surface area contributed by atoms with E-state index in [1.54, 1.807) is 19.1 Å². The molecule has 0 fully saturated rings.